The van der Waals surface area contributed by atoms with Crippen molar-refractivity contribution >= 4 is 16.5 Å². The summed E-state index contributed by atoms with van der Waals surface area (Å²) < 4.78 is 0. The highest BCUT2D eigenvalue weighted by molar-refractivity contribution is 6.03. The summed E-state index contributed by atoms with van der Waals surface area (Å²) in [6, 6.07) is 46.3. The third-order valence-corrected chi connectivity index (χ3v) is 8.25. The monoisotopic (exact) mass is 457 g/mol. The Bertz CT molecular complexity index is 1810. The van der Waals surface area contributed by atoms with E-state index >= 15 is 0 Å². The van der Waals surface area contributed by atoms with Crippen LogP contribution in [0.4, 0.5) is 5.69 Å². The van der Waals surface area contributed by atoms with Crippen molar-refractivity contribution in [1.29, 1.82) is 0 Å². The number of benzene rings is 6. The van der Waals surface area contributed by atoms with Crippen LogP contribution >= 0.6 is 0 Å². The van der Waals surface area contributed by atoms with Crippen LogP contribution in [0.15, 0.2) is 127 Å². The van der Waals surface area contributed by atoms with Gasteiger partial charge in [0.25, 0.3) is 0 Å². The number of hydrogen-bond donors (Lipinski definition) is 1. The van der Waals surface area contributed by atoms with Gasteiger partial charge in [-0.05, 0) is 73.0 Å². The minimum atomic E-state index is -0.357. The average Bonchev–Trinajstić information content (AvgIpc) is 3.39. The van der Waals surface area contributed by atoms with Crippen LogP contribution in [-0.2, 0) is 5.41 Å². The maximum atomic E-state index is 6.94. The summed E-state index contributed by atoms with van der Waals surface area (Å²) in [5.74, 6) is 0. The maximum Gasteiger partial charge on any atom is 0.0726 e. The standard InChI is InChI=1S/C35H23N/c36-34-21-33-28(20-29(34)24-16-9-11-22-10-1-2-12-23(22)24)27-15-5-8-19-32(27)35(33)30-17-6-3-13-25(30)26-14-4-7-18-31(26)35/h1-21H,36H2. The Morgan fingerprint density at radius 3 is 1.56 bits per heavy atom. The van der Waals surface area contributed by atoms with Gasteiger partial charge in [-0.2, -0.15) is 0 Å². The summed E-state index contributed by atoms with van der Waals surface area (Å²) >= 11 is 0. The van der Waals surface area contributed by atoms with Crippen molar-refractivity contribution in [3.63, 3.8) is 0 Å². The van der Waals surface area contributed by atoms with Gasteiger partial charge in [-0.3, -0.25) is 0 Å². The van der Waals surface area contributed by atoms with Gasteiger partial charge in [0.15, 0.2) is 0 Å². The van der Waals surface area contributed by atoms with Gasteiger partial charge in [-0.25, -0.2) is 0 Å². The molecule has 8 rings (SSSR count). The number of anilines is 1. The molecule has 6 aromatic rings. The fraction of sp³-hybridized carbons (Fsp3) is 0.0286. The Balaban J connectivity index is 1.50. The first kappa shape index (κ1) is 19.7. The van der Waals surface area contributed by atoms with Crippen LogP contribution < -0.4 is 5.73 Å². The van der Waals surface area contributed by atoms with E-state index in [4.69, 9.17) is 5.73 Å². The van der Waals surface area contributed by atoms with E-state index in [1.54, 1.807) is 0 Å². The molecule has 0 saturated carbocycles. The van der Waals surface area contributed by atoms with E-state index < -0.39 is 0 Å². The van der Waals surface area contributed by atoms with Crippen molar-refractivity contribution in [3.8, 4) is 33.4 Å². The topological polar surface area (TPSA) is 26.0 Å². The van der Waals surface area contributed by atoms with Crippen LogP contribution in [0.1, 0.15) is 22.3 Å². The molecule has 1 spiro atoms. The van der Waals surface area contributed by atoms with Gasteiger partial charge in [0.05, 0.1) is 5.41 Å². The molecule has 2 aliphatic rings. The first-order chi connectivity index (χ1) is 17.8. The lowest BCUT2D eigenvalue weighted by atomic mass is 9.70. The lowest BCUT2D eigenvalue weighted by Gasteiger charge is -2.30. The predicted molar refractivity (Wildman–Crippen MR) is 150 cm³/mol. The van der Waals surface area contributed by atoms with Gasteiger partial charge in [0.1, 0.15) is 0 Å². The minimum Gasteiger partial charge on any atom is -0.398 e. The summed E-state index contributed by atoms with van der Waals surface area (Å²) in [4.78, 5) is 0. The molecule has 6 aromatic carbocycles. The molecular weight excluding hydrogens is 434 g/mol. The highest BCUT2D eigenvalue weighted by atomic mass is 14.6. The summed E-state index contributed by atoms with van der Waals surface area (Å²) in [7, 11) is 0. The van der Waals surface area contributed by atoms with Crippen molar-refractivity contribution in [1.82, 2.24) is 0 Å². The fourth-order valence-electron chi connectivity index (χ4n) is 6.85. The zero-order chi connectivity index (χ0) is 23.9. The normalized spacial score (nSPS) is 13.9. The quantitative estimate of drug-likeness (QED) is 0.246. The third kappa shape index (κ3) is 2.30. The molecular formula is C35H23N. The molecule has 2 N–H and O–H groups in total. The number of nitrogen functional groups attached to an aromatic ring is 1. The lowest BCUT2D eigenvalue weighted by Crippen LogP contribution is -2.26. The first-order valence-corrected chi connectivity index (χ1v) is 12.5. The number of nitrogens with two attached hydrogens (primary N) is 1. The highest BCUT2D eigenvalue weighted by Gasteiger charge is 2.51. The SMILES string of the molecule is Nc1cc2c(cc1-c1cccc3ccccc13)-c1ccccc1C21c2ccccc2-c2ccccc21. The molecule has 1 heteroatoms. The van der Waals surface area contributed by atoms with Crippen molar-refractivity contribution in [3.05, 3.63) is 150 Å². The smallest absolute Gasteiger partial charge is 0.0726 e. The van der Waals surface area contributed by atoms with Crippen LogP contribution in [0.2, 0.25) is 0 Å². The van der Waals surface area contributed by atoms with E-state index in [0.29, 0.717) is 0 Å². The van der Waals surface area contributed by atoms with E-state index in [-0.39, 0.29) is 5.41 Å². The van der Waals surface area contributed by atoms with Crippen molar-refractivity contribution in [2.45, 2.75) is 5.41 Å². The van der Waals surface area contributed by atoms with E-state index in [1.807, 2.05) is 0 Å². The Hall–Kier alpha value is -4.62. The molecule has 0 aromatic heterocycles. The van der Waals surface area contributed by atoms with Gasteiger partial charge in [-0.1, -0.05) is 115 Å². The zero-order valence-electron chi connectivity index (χ0n) is 19.7. The molecule has 0 radical (unpaired) electrons. The predicted octanol–water partition coefficient (Wildman–Crippen LogP) is 8.43. The van der Waals surface area contributed by atoms with Crippen LogP contribution in [0.5, 0.6) is 0 Å². The molecule has 0 unspecified atom stereocenters. The molecule has 168 valence electrons. The van der Waals surface area contributed by atoms with Crippen LogP contribution in [0.3, 0.4) is 0 Å². The van der Waals surface area contributed by atoms with Crippen LogP contribution in [-0.4, -0.2) is 0 Å². The molecule has 0 bridgehead atoms. The molecule has 0 aliphatic heterocycles. The Kier molecular flexibility index (Phi) is 3.80. The largest absolute Gasteiger partial charge is 0.398 e. The van der Waals surface area contributed by atoms with Crippen molar-refractivity contribution < 1.29 is 0 Å². The van der Waals surface area contributed by atoms with Crippen LogP contribution in [0.25, 0.3) is 44.2 Å². The summed E-state index contributed by atoms with van der Waals surface area (Å²) in [6.07, 6.45) is 0. The van der Waals surface area contributed by atoms with E-state index in [9.17, 15) is 0 Å². The molecule has 0 atom stereocenters. The van der Waals surface area contributed by atoms with Gasteiger partial charge in [0.2, 0.25) is 0 Å². The Morgan fingerprint density at radius 1 is 0.389 bits per heavy atom. The number of fused-ring (bicyclic) bond motifs is 11. The van der Waals surface area contributed by atoms with Crippen molar-refractivity contribution in [2.75, 3.05) is 5.73 Å². The molecule has 0 fully saturated rings. The van der Waals surface area contributed by atoms with Crippen LogP contribution in [0, 0.1) is 0 Å². The molecule has 1 nitrogen and oxygen atoms in total. The van der Waals surface area contributed by atoms with E-state index in [0.717, 1.165) is 11.3 Å². The molecule has 36 heavy (non-hydrogen) atoms. The van der Waals surface area contributed by atoms with Gasteiger partial charge in [-0.15, -0.1) is 0 Å². The average molecular weight is 458 g/mol. The lowest BCUT2D eigenvalue weighted by molar-refractivity contribution is 0.794. The Morgan fingerprint density at radius 2 is 0.889 bits per heavy atom. The highest BCUT2D eigenvalue weighted by Crippen LogP contribution is 2.63. The first-order valence-electron chi connectivity index (χ1n) is 12.5. The minimum absolute atomic E-state index is 0.357. The summed E-state index contributed by atoms with van der Waals surface area (Å²) in [5.41, 5.74) is 20.2. The molecule has 0 amide bonds. The van der Waals surface area contributed by atoms with Gasteiger partial charge in [0, 0.05) is 11.3 Å². The zero-order valence-corrected chi connectivity index (χ0v) is 19.7. The second-order valence-electron chi connectivity index (χ2n) is 9.90. The third-order valence-electron chi connectivity index (χ3n) is 8.25. The van der Waals surface area contributed by atoms with E-state index in [1.165, 1.54) is 60.8 Å². The summed E-state index contributed by atoms with van der Waals surface area (Å²) in [5, 5.41) is 2.45. The second-order valence-corrected chi connectivity index (χ2v) is 9.90. The van der Waals surface area contributed by atoms with Gasteiger partial charge >= 0.3 is 0 Å². The second kappa shape index (κ2) is 6.96. The number of rotatable bonds is 1. The van der Waals surface area contributed by atoms with Crippen molar-refractivity contribution in [2.24, 2.45) is 0 Å². The Labute approximate surface area is 210 Å². The number of hydrogen-bond acceptors (Lipinski definition) is 1. The van der Waals surface area contributed by atoms with E-state index in [2.05, 4.69) is 127 Å². The molecule has 0 heterocycles. The summed E-state index contributed by atoms with van der Waals surface area (Å²) in [6.45, 7) is 0. The maximum absolute atomic E-state index is 6.94. The molecule has 0 saturated heterocycles. The van der Waals surface area contributed by atoms with Gasteiger partial charge < -0.3 is 5.73 Å². The fourth-order valence-corrected chi connectivity index (χ4v) is 6.85. The molecule has 2 aliphatic carbocycles.